The Bertz CT molecular complexity index is 654. The molecule has 0 radical (unpaired) electrons. The van der Waals surface area contributed by atoms with Crippen LogP contribution in [0.1, 0.15) is 4.88 Å². The number of hydrazine groups is 1. The largest absolute Gasteiger partial charge is 0.308 e. The van der Waals surface area contributed by atoms with Crippen molar-refractivity contribution in [2.45, 2.75) is 11.4 Å². The highest BCUT2D eigenvalue weighted by molar-refractivity contribution is 7.89. The van der Waals surface area contributed by atoms with Crippen LogP contribution in [0.15, 0.2) is 35.4 Å². The molecule has 0 bridgehead atoms. The van der Waals surface area contributed by atoms with Crippen LogP contribution in [0.3, 0.4) is 0 Å². The minimum Gasteiger partial charge on any atom is -0.308 e. The first-order valence-electron chi connectivity index (χ1n) is 5.18. The molecule has 0 saturated heterocycles. The smallest absolute Gasteiger partial charge is 0.242 e. The molecule has 0 aliphatic rings. The SMILES string of the molecule is NNc1ccc(S(=O)(=O)NCc2ccc(Cl)s2)cn1. The Labute approximate surface area is 119 Å². The molecule has 6 nitrogen and oxygen atoms in total. The molecule has 19 heavy (non-hydrogen) atoms. The summed E-state index contributed by atoms with van der Waals surface area (Å²) in [4.78, 5) is 4.76. The fourth-order valence-electron chi connectivity index (χ4n) is 1.32. The van der Waals surface area contributed by atoms with Crippen molar-refractivity contribution in [3.63, 3.8) is 0 Å². The average molecular weight is 319 g/mol. The average Bonchev–Trinajstić information content (AvgIpc) is 2.82. The van der Waals surface area contributed by atoms with Crippen LogP contribution in [-0.4, -0.2) is 13.4 Å². The Morgan fingerprint density at radius 2 is 2.11 bits per heavy atom. The Kier molecular flexibility index (Phi) is 4.38. The standard InChI is InChI=1S/C10H11ClN4O2S2/c11-9-3-1-7(18-9)5-14-19(16,17)8-2-4-10(15-12)13-6-8/h1-4,6,14H,5,12H2,(H,13,15). The van der Waals surface area contributed by atoms with Gasteiger partial charge in [-0.25, -0.2) is 24.0 Å². The van der Waals surface area contributed by atoms with Crippen molar-refractivity contribution in [3.05, 3.63) is 39.7 Å². The van der Waals surface area contributed by atoms with Crippen LogP contribution in [0.25, 0.3) is 0 Å². The van der Waals surface area contributed by atoms with E-state index >= 15 is 0 Å². The van der Waals surface area contributed by atoms with Crippen LogP contribution in [0, 0.1) is 0 Å². The molecule has 9 heteroatoms. The first kappa shape index (κ1) is 14.2. The van der Waals surface area contributed by atoms with Crippen molar-refractivity contribution in [2.24, 2.45) is 5.84 Å². The van der Waals surface area contributed by atoms with E-state index in [9.17, 15) is 8.42 Å². The number of halogens is 1. The Morgan fingerprint density at radius 3 is 2.63 bits per heavy atom. The molecule has 0 saturated carbocycles. The lowest BCUT2D eigenvalue weighted by atomic mass is 10.5. The highest BCUT2D eigenvalue weighted by atomic mass is 35.5. The molecule has 0 spiro atoms. The van der Waals surface area contributed by atoms with Crippen LogP contribution < -0.4 is 16.0 Å². The molecule has 2 rings (SSSR count). The summed E-state index contributed by atoms with van der Waals surface area (Å²) in [5.74, 6) is 5.55. The quantitative estimate of drug-likeness (QED) is 0.574. The molecule has 0 atom stereocenters. The summed E-state index contributed by atoms with van der Waals surface area (Å²) < 4.78 is 27.1. The topological polar surface area (TPSA) is 97.1 Å². The third-order valence-electron chi connectivity index (χ3n) is 2.26. The van der Waals surface area contributed by atoms with Gasteiger partial charge in [-0.2, -0.15) is 0 Å². The van der Waals surface area contributed by atoms with E-state index in [0.717, 1.165) is 4.88 Å². The van der Waals surface area contributed by atoms with E-state index in [1.54, 1.807) is 12.1 Å². The molecular formula is C10H11ClN4O2S2. The van der Waals surface area contributed by atoms with Gasteiger partial charge in [-0.1, -0.05) is 11.6 Å². The van der Waals surface area contributed by atoms with Gasteiger partial charge in [0.25, 0.3) is 0 Å². The van der Waals surface area contributed by atoms with E-state index in [1.165, 1.54) is 29.7 Å². The van der Waals surface area contributed by atoms with Crippen LogP contribution >= 0.6 is 22.9 Å². The number of nitrogen functional groups attached to an aromatic ring is 1. The molecule has 4 N–H and O–H groups in total. The van der Waals surface area contributed by atoms with Gasteiger partial charge in [0, 0.05) is 17.6 Å². The molecule has 0 aliphatic carbocycles. The van der Waals surface area contributed by atoms with Crippen molar-refractivity contribution in [1.82, 2.24) is 9.71 Å². The maximum Gasteiger partial charge on any atom is 0.242 e. The number of nitrogens with zero attached hydrogens (tertiary/aromatic N) is 1. The van der Waals surface area contributed by atoms with Gasteiger partial charge in [-0.3, -0.25) is 0 Å². The van der Waals surface area contributed by atoms with Gasteiger partial charge in [-0.05, 0) is 24.3 Å². The lowest BCUT2D eigenvalue weighted by molar-refractivity contribution is 0.581. The second-order valence-electron chi connectivity index (χ2n) is 3.55. The summed E-state index contributed by atoms with van der Waals surface area (Å²) in [6.45, 7) is 0.191. The number of rotatable bonds is 5. The first-order valence-corrected chi connectivity index (χ1v) is 7.85. The van der Waals surface area contributed by atoms with E-state index in [2.05, 4.69) is 15.1 Å². The number of anilines is 1. The van der Waals surface area contributed by atoms with Gasteiger partial charge in [0.1, 0.15) is 10.7 Å². The molecule has 2 heterocycles. The van der Waals surface area contributed by atoms with E-state index in [4.69, 9.17) is 17.4 Å². The summed E-state index contributed by atoms with van der Waals surface area (Å²) in [6, 6.07) is 6.40. The summed E-state index contributed by atoms with van der Waals surface area (Å²) in [5, 5.41) is 0. The van der Waals surface area contributed by atoms with Gasteiger partial charge < -0.3 is 5.43 Å². The van der Waals surface area contributed by atoms with Crippen molar-refractivity contribution in [1.29, 1.82) is 0 Å². The number of nitrogens with one attached hydrogen (secondary N) is 2. The van der Waals surface area contributed by atoms with Crippen molar-refractivity contribution < 1.29 is 8.42 Å². The number of hydrogen-bond donors (Lipinski definition) is 3. The highest BCUT2D eigenvalue weighted by Gasteiger charge is 2.14. The molecule has 0 aromatic carbocycles. The molecule has 2 aromatic heterocycles. The summed E-state index contributed by atoms with van der Waals surface area (Å²) in [6.07, 6.45) is 1.24. The van der Waals surface area contributed by atoms with Gasteiger partial charge in [0.2, 0.25) is 10.0 Å². The predicted molar refractivity (Wildman–Crippen MR) is 75.4 cm³/mol. The summed E-state index contributed by atoms with van der Waals surface area (Å²) in [7, 11) is -3.59. The number of nitrogens with two attached hydrogens (primary N) is 1. The fraction of sp³-hybridized carbons (Fsp3) is 0.100. The third kappa shape index (κ3) is 3.64. The maximum atomic E-state index is 12.0. The minimum atomic E-state index is -3.59. The van der Waals surface area contributed by atoms with E-state index in [-0.39, 0.29) is 11.4 Å². The predicted octanol–water partition coefficient (Wildman–Crippen LogP) is 1.56. The van der Waals surface area contributed by atoms with Crippen LogP contribution in [-0.2, 0) is 16.6 Å². The minimum absolute atomic E-state index is 0.0779. The van der Waals surface area contributed by atoms with Gasteiger partial charge >= 0.3 is 0 Å². The molecule has 0 amide bonds. The third-order valence-corrected chi connectivity index (χ3v) is 4.88. The van der Waals surface area contributed by atoms with E-state index < -0.39 is 10.0 Å². The zero-order chi connectivity index (χ0) is 13.9. The highest BCUT2D eigenvalue weighted by Crippen LogP contribution is 2.21. The first-order chi connectivity index (χ1) is 9.01. The number of pyridine rings is 1. The summed E-state index contributed by atoms with van der Waals surface area (Å²) >= 11 is 7.10. The Hall–Kier alpha value is -1.19. The number of thiophene rings is 1. The molecule has 0 unspecified atom stereocenters. The zero-order valence-corrected chi connectivity index (χ0v) is 12.0. The Balaban J connectivity index is 2.09. The number of sulfonamides is 1. The molecule has 102 valence electrons. The second kappa shape index (κ2) is 5.85. The zero-order valence-electron chi connectivity index (χ0n) is 9.63. The van der Waals surface area contributed by atoms with Crippen molar-refractivity contribution in [2.75, 3.05) is 5.43 Å². The van der Waals surface area contributed by atoms with E-state index in [0.29, 0.717) is 10.2 Å². The normalized spacial score (nSPS) is 11.5. The van der Waals surface area contributed by atoms with Crippen LogP contribution in [0.4, 0.5) is 5.82 Å². The molecule has 2 aromatic rings. The molecule has 0 fully saturated rings. The Morgan fingerprint density at radius 1 is 1.32 bits per heavy atom. The molecular weight excluding hydrogens is 308 g/mol. The van der Waals surface area contributed by atoms with Crippen molar-refractivity contribution >= 4 is 38.8 Å². The number of hydrogen-bond acceptors (Lipinski definition) is 6. The van der Waals surface area contributed by atoms with Crippen LogP contribution in [0.5, 0.6) is 0 Å². The fourth-order valence-corrected chi connectivity index (χ4v) is 3.39. The van der Waals surface area contributed by atoms with E-state index in [1.807, 2.05) is 0 Å². The lowest BCUT2D eigenvalue weighted by Crippen LogP contribution is -2.23. The van der Waals surface area contributed by atoms with Gasteiger partial charge in [0.15, 0.2) is 0 Å². The van der Waals surface area contributed by atoms with Crippen molar-refractivity contribution in [3.8, 4) is 0 Å². The summed E-state index contributed by atoms with van der Waals surface area (Å²) in [5.41, 5.74) is 2.33. The van der Waals surface area contributed by atoms with Gasteiger partial charge in [0.05, 0.1) is 4.34 Å². The van der Waals surface area contributed by atoms with Crippen LogP contribution in [0.2, 0.25) is 4.34 Å². The lowest BCUT2D eigenvalue weighted by Gasteiger charge is -2.06. The van der Waals surface area contributed by atoms with Gasteiger partial charge in [-0.15, -0.1) is 11.3 Å². The monoisotopic (exact) mass is 318 g/mol. The maximum absolute atomic E-state index is 12.0. The molecule has 0 aliphatic heterocycles. The second-order valence-corrected chi connectivity index (χ2v) is 7.12. The number of aromatic nitrogens is 1.